The lowest BCUT2D eigenvalue weighted by molar-refractivity contribution is -0.0904. The van der Waals surface area contributed by atoms with Gasteiger partial charge in [0, 0.05) is 36.7 Å². The first-order chi connectivity index (χ1) is 16.5. The van der Waals surface area contributed by atoms with E-state index < -0.39 is 0 Å². The number of piperidine rings is 1. The second kappa shape index (κ2) is 10.3. The average molecular weight is 489 g/mol. The van der Waals surface area contributed by atoms with Gasteiger partial charge in [-0.1, -0.05) is 23.7 Å². The van der Waals surface area contributed by atoms with Crippen LogP contribution in [0.15, 0.2) is 36.7 Å². The highest BCUT2D eigenvalue weighted by Crippen LogP contribution is 2.27. The number of aromatic nitrogens is 5. The Morgan fingerprint density at radius 3 is 2.68 bits per heavy atom. The summed E-state index contributed by atoms with van der Waals surface area (Å²) in [6, 6.07) is 8.81. The molecule has 2 aliphatic rings. The number of aryl methyl sites for hydroxylation is 1. The summed E-state index contributed by atoms with van der Waals surface area (Å²) in [6.45, 7) is 3.74. The van der Waals surface area contributed by atoms with Gasteiger partial charge in [0.25, 0.3) is 0 Å². The molecular formula is C23H30ClFN8O. The molecular weight excluding hydrogens is 459 g/mol. The van der Waals surface area contributed by atoms with E-state index in [4.69, 9.17) is 22.1 Å². The van der Waals surface area contributed by atoms with Crippen molar-refractivity contribution in [1.82, 2.24) is 29.9 Å². The third-order valence-electron chi connectivity index (χ3n) is 6.79. The van der Waals surface area contributed by atoms with Crippen molar-refractivity contribution in [2.45, 2.75) is 50.4 Å². The molecule has 0 amide bonds. The summed E-state index contributed by atoms with van der Waals surface area (Å²) in [5, 5.41) is 11.8. The summed E-state index contributed by atoms with van der Waals surface area (Å²) in [6.07, 6.45) is 6.61. The van der Waals surface area contributed by atoms with E-state index in [1.54, 1.807) is 4.68 Å². The molecule has 2 atom stereocenters. The number of hydrogen-bond donors (Lipinski definition) is 2. The number of aromatic amines is 1. The summed E-state index contributed by atoms with van der Waals surface area (Å²) in [4.78, 5) is 9.05. The van der Waals surface area contributed by atoms with Gasteiger partial charge in [-0.15, -0.1) is 5.10 Å². The first kappa shape index (κ1) is 23.1. The predicted molar refractivity (Wildman–Crippen MR) is 128 cm³/mol. The summed E-state index contributed by atoms with van der Waals surface area (Å²) >= 11 is 6.05. The highest BCUT2D eigenvalue weighted by atomic mass is 35.5. The third-order valence-corrected chi connectivity index (χ3v) is 7.04. The summed E-state index contributed by atoms with van der Waals surface area (Å²) in [5.41, 5.74) is 6.98. The normalized spacial score (nSPS) is 22.4. The maximum Gasteiger partial charge on any atom is 0.246 e. The fraction of sp³-hybridized carbons (Fsp3) is 0.522. The van der Waals surface area contributed by atoms with Gasteiger partial charge in [-0.2, -0.15) is 10.1 Å². The molecule has 2 fully saturated rings. The molecule has 0 unspecified atom stereocenters. The van der Waals surface area contributed by atoms with Crippen LogP contribution in [0.25, 0.3) is 0 Å². The molecule has 1 aromatic carbocycles. The monoisotopic (exact) mass is 488 g/mol. The molecule has 2 aliphatic heterocycles. The number of rotatable bonds is 7. The maximum absolute atomic E-state index is 13.4. The van der Waals surface area contributed by atoms with Crippen LogP contribution in [0.3, 0.4) is 0 Å². The van der Waals surface area contributed by atoms with Crippen molar-refractivity contribution in [2.75, 3.05) is 36.9 Å². The molecule has 34 heavy (non-hydrogen) atoms. The molecule has 2 saturated heterocycles. The zero-order chi connectivity index (χ0) is 23.5. The number of nitrogens with two attached hydrogens (primary N) is 1. The van der Waals surface area contributed by atoms with Gasteiger partial charge in [-0.25, -0.2) is 9.49 Å². The molecule has 0 radical (unpaired) electrons. The fourth-order valence-electron chi connectivity index (χ4n) is 5.02. The van der Waals surface area contributed by atoms with Gasteiger partial charge < -0.3 is 15.4 Å². The van der Waals surface area contributed by atoms with Crippen molar-refractivity contribution in [1.29, 1.82) is 0 Å². The van der Waals surface area contributed by atoms with Crippen LogP contribution in [-0.2, 0) is 17.7 Å². The molecule has 0 spiro atoms. The van der Waals surface area contributed by atoms with Crippen molar-refractivity contribution >= 4 is 23.5 Å². The number of morpholine rings is 1. The quantitative estimate of drug-likeness (QED) is 0.527. The standard InChI is InChI=1S/C23H30ClFN8O/c24-17-4-1-16(2-5-17)3-6-20-15-34-21(13-32-12-18(25)11-27-32)14-33(20)19-7-9-31(10-8-19)23-28-22(26)29-30-23/h1-2,4-5,11-12,19-21H,3,6-10,13-15H2,(H3,26,28,29,30)/t20-,21-/m0/s1. The Balaban J connectivity index is 1.24. The van der Waals surface area contributed by atoms with Gasteiger partial charge in [0.05, 0.1) is 31.6 Å². The Morgan fingerprint density at radius 2 is 2.00 bits per heavy atom. The van der Waals surface area contributed by atoms with Crippen molar-refractivity contribution in [3.63, 3.8) is 0 Å². The highest BCUT2D eigenvalue weighted by Gasteiger charge is 2.36. The van der Waals surface area contributed by atoms with Gasteiger partial charge in [0.15, 0.2) is 5.82 Å². The summed E-state index contributed by atoms with van der Waals surface area (Å²) in [5.74, 6) is 0.676. The Kier molecular flexibility index (Phi) is 6.98. The van der Waals surface area contributed by atoms with E-state index in [1.165, 1.54) is 18.0 Å². The highest BCUT2D eigenvalue weighted by molar-refractivity contribution is 6.30. The zero-order valence-electron chi connectivity index (χ0n) is 19.0. The van der Waals surface area contributed by atoms with Gasteiger partial charge in [-0.3, -0.25) is 9.58 Å². The van der Waals surface area contributed by atoms with Gasteiger partial charge in [0.2, 0.25) is 11.9 Å². The smallest absolute Gasteiger partial charge is 0.246 e. The summed E-state index contributed by atoms with van der Waals surface area (Å²) < 4.78 is 21.3. The number of benzene rings is 1. The first-order valence-electron chi connectivity index (χ1n) is 11.8. The van der Waals surface area contributed by atoms with E-state index in [1.807, 2.05) is 12.1 Å². The Labute approximate surface area is 203 Å². The van der Waals surface area contributed by atoms with Crippen molar-refractivity contribution < 1.29 is 9.13 Å². The topological polar surface area (TPSA) is 101 Å². The number of halogens is 2. The van der Waals surface area contributed by atoms with Crippen molar-refractivity contribution in [3.05, 3.63) is 53.1 Å². The van der Waals surface area contributed by atoms with E-state index >= 15 is 0 Å². The predicted octanol–water partition coefficient (Wildman–Crippen LogP) is 2.75. The Bertz CT molecular complexity index is 1070. The lowest BCUT2D eigenvalue weighted by atomic mass is 9.96. The van der Waals surface area contributed by atoms with Crippen LogP contribution in [0.2, 0.25) is 5.02 Å². The molecule has 3 aromatic rings. The minimum Gasteiger partial charge on any atom is -0.373 e. The van der Waals surface area contributed by atoms with E-state index in [2.05, 4.69) is 42.2 Å². The zero-order valence-corrected chi connectivity index (χ0v) is 19.7. The molecule has 5 rings (SSSR count). The molecule has 3 N–H and O–H groups in total. The van der Waals surface area contributed by atoms with Gasteiger partial charge in [-0.05, 0) is 43.4 Å². The fourth-order valence-corrected chi connectivity index (χ4v) is 5.15. The number of nitrogens with one attached hydrogen (secondary N) is 1. The average Bonchev–Trinajstić information content (AvgIpc) is 3.47. The maximum atomic E-state index is 13.4. The Morgan fingerprint density at radius 1 is 1.21 bits per heavy atom. The number of nitrogens with zero attached hydrogens (tertiary/aromatic N) is 6. The molecule has 182 valence electrons. The number of anilines is 2. The lowest BCUT2D eigenvalue weighted by Crippen LogP contribution is -2.57. The second-order valence-corrected chi connectivity index (χ2v) is 9.53. The SMILES string of the molecule is Nc1nc(N2CCC(N3C[C@H](Cn4cc(F)cn4)OC[C@@H]3CCc3ccc(Cl)cc3)CC2)n[nH]1. The van der Waals surface area contributed by atoms with E-state index in [-0.39, 0.29) is 11.9 Å². The van der Waals surface area contributed by atoms with Crippen LogP contribution in [0, 0.1) is 5.82 Å². The molecule has 0 bridgehead atoms. The van der Waals surface area contributed by atoms with Crippen LogP contribution in [-0.4, -0.2) is 74.3 Å². The summed E-state index contributed by atoms with van der Waals surface area (Å²) in [7, 11) is 0. The molecule has 0 aliphatic carbocycles. The number of hydrogen-bond acceptors (Lipinski definition) is 7. The third kappa shape index (κ3) is 5.51. The number of ether oxygens (including phenoxy) is 1. The van der Waals surface area contributed by atoms with Crippen LogP contribution >= 0.6 is 11.6 Å². The molecule has 9 nitrogen and oxygen atoms in total. The Hall–Kier alpha value is -2.69. The van der Waals surface area contributed by atoms with Gasteiger partial charge >= 0.3 is 0 Å². The molecule has 4 heterocycles. The molecule has 11 heteroatoms. The molecule has 2 aromatic heterocycles. The van der Waals surface area contributed by atoms with E-state index in [0.717, 1.165) is 50.3 Å². The largest absolute Gasteiger partial charge is 0.373 e. The van der Waals surface area contributed by atoms with Crippen LogP contribution in [0.5, 0.6) is 0 Å². The lowest BCUT2D eigenvalue weighted by Gasteiger charge is -2.46. The first-order valence-corrected chi connectivity index (χ1v) is 12.1. The van der Waals surface area contributed by atoms with Crippen molar-refractivity contribution in [3.8, 4) is 0 Å². The van der Waals surface area contributed by atoms with Crippen molar-refractivity contribution in [2.24, 2.45) is 0 Å². The van der Waals surface area contributed by atoms with E-state index in [0.29, 0.717) is 37.1 Å². The van der Waals surface area contributed by atoms with Gasteiger partial charge in [0.1, 0.15) is 0 Å². The minimum absolute atomic E-state index is 0.0306. The number of H-pyrrole nitrogens is 1. The molecule has 0 saturated carbocycles. The van der Waals surface area contributed by atoms with Crippen LogP contribution in [0.4, 0.5) is 16.3 Å². The van der Waals surface area contributed by atoms with E-state index in [9.17, 15) is 4.39 Å². The van der Waals surface area contributed by atoms with Crippen LogP contribution in [0.1, 0.15) is 24.8 Å². The number of nitrogen functional groups attached to an aromatic ring is 1. The second-order valence-electron chi connectivity index (χ2n) is 9.09. The van der Waals surface area contributed by atoms with Crippen LogP contribution < -0.4 is 10.6 Å². The minimum atomic E-state index is -0.325.